The minimum Gasteiger partial charge on any atom is -0.430 e. The lowest BCUT2D eigenvalue weighted by Crippen LogP contribution is -2.64. The molecule has 0 amide bonds. The number of hydrogen-bond acceptors (Lipinski definition) is 8. The van der Waals surface area contributed by atoms with Gasteiger partial charge in [-0.05, 0) is 0 Å². The van der Waals surface area contributed by atoms with E-state index in [1.165, 1.54) is 0 Å². The van der Waals surface area contributed by atoms with Crippen LogP contribution in [0.4, 0.5) is 0 Å². The Morgan fingerprint density at radius 3 is 1.45 bits per heavy atom. The van der Waals surface area contributed by atoms with Crippen molar-refractivity contribution in [3.05, 3.63) is 20.2 Å². The van der Waals surface area contributed by atoms with Crippen molar-refractivity contribution in [3.63, 3.8) is 0 Å². The van der Waals surface area contributed by atoms with Gasteiger partial charge in [0.2, 0.25) is 0 Å². The van der Waals surface area contributed by atoms with Crippen molar-refractivity contribution < 1.29 is 29.1 Å². The number of carbonyl (C=O) groups is 2. The predicted molar refractivity (Wildman–Crippen MR) is 58.5 cm³/mol. The molecule has 1 rings (SSSR count). The van der Waals surface area contributed by atoms with E-state index in [1.807, 2.05) is 0 Å². The van der Waals surface area contributed by atoms with Gasteiger partial charge in [0.1, 0.15) is 13.1 Å². The molecule has 12 heteroatoms. The van der Waals surface area contributed by atoms with E-state index in [0.29, 0.717) is 10.0 Å². The van der Waals surface area contributed by atoms with Crippen molar-refractivity contribution in [2.24, 2.45) is 0 Å². The van der Waals surface area contributed by atoms with Gasteiger partial charge in [0.25, 0.3) is 12.5 Å². The first-order valence-electron chi connectivity index (χ1n) is 5.40. The fraction of sp³-hybridized carbons (Fsp3) is 0.750. The molecule has 0 radical (unpaired) electrons. The third kappa shape index (κ3) is 3.43. The molecule has 1 heterocycles. The molecule has 1 fully saturated rings. The van der Waals surface area contributed by atoms with Gasteiger partial charge in [0.05, 0.1) is 0 Å². The zero-order valence-electron chi connectivity index (χ0n) is 10.6. The maximum Gasteiger partial charge on any atom is 0.304 e. The number of esters is 2. The van der Waals surface area contributed by atoms with Crippen LogP contribution in [0.2, 0.25) is 0 Å². The number of nitrogens with zero attached hydrogens (tertiary/aromatic N) is 4. The molecule has 1 saturated heterocycles. The van der Waals surface area contributed by atoms with E-state index in [4.69, 9.17) is 0 Å². The third-order valence-corrected chi connectivity index (χ3v) is 2.38. The normalized spacial score (nSPS) is 22.1. The number of carbonyl (C=O) groups excluding carboxylic acids is 2. The third-order valence-electron chi connectivity index (χ3n) is 2.38. The van der Waals surface area contributed by atoms with Crippen LogP contribution >= 0.6 is 0 Å². The van der Waals surface area contributed by atoms with Crippen LogP contribution in [0.15, 0.2) is 0 Å². The van der Waals surface area contributed by atoms with E-state index < -0.39 is 34.5 Å². The zero-order chi connectivity index (χ0) is 15.4. The number of hydrazine groups is 2. The summed E-state index contributed by atoms with van der Waals surface area (Å²) >= 11 is 0. The fourth-order valence-electron chi connectivity index (χ4n) is 1.68. The second-order valence-corrected chi connectivity index (χ2v) is 3.80. The summed E-state index contributed by atoms with van der Waals surface area (Å²) in [5.41, 5.74) is 0. The first kappa shape index (κ1) is 15.4. The van der Waals surface area contributed by atoms with Gasteiger partial charge in [-0.25, -0.2) is 20.2 Å². The average Bonchev–Trinajstić information content (AvgIpc) is 2.28. The Kier molecular flexibility index (Phi) is 4.61. The lowest BCUT2D eigenvalue weighted by atomic mass is 10.3. The second-order valence-electron chi connectivity index (χ2n) is 3.80. The molecule has 0 aliphatic carbocycles. The molecule has 112 valence electrons. The standard InChI is InChI=1S/C8H12N4O8/c1-5(13)19-7-8(20-6(2)14)10(12(17)18)4-3-9(7)11(15)16/h7-8H,3-4H2,1-2H3. The number of ether oxygens (including phenoxy) is 2. The first-order valence-corrected chi connectivity index (χ1v) is 5.40. The van der Waals surface area contributed by atoms with Crippen molar-refractivity contribution in [2.45, 2.75) is 26.3 Å². The molecular weight excluding hydrogens is 280 g/mol. The summed E-state index contributed by atoms with van der Waals surface area (Å²) in [7, 11) is 0. The molecule has 0 saturated carbocycles. The molecule has 0 aromatic rings. The summed E-state index contributed by atoms with van der Waals surface area (Å²) in [4.78, 5) is 43.7. The lowest BCUT2D eigenvalue weighted by Gasteiger charge is -2.36. The van der Waals surface area contributed by atoms with Gasteiger partial charge in [-0.15, -0.1) is 0 Å². The molecule has 1 aliphatic heterocycles. The van der Waals surface area contributed by atoms with Crippen LogP contribution in [-0.4, -0.2) is 57.6 Å². The molecule has 0 spiro atoms. The Bertz CT molecular complexity index is 400. The molecule has 2 atom stereocenters. The van der Waals surface area contributed by atoms with Crippen molar-refractivity contribution in [1.82, 2.24) is 10.0 Å². The quantitative estimate of drug-likeness (QED) is 0.350. The van der Waals surface area contributed by atoms with Gasteiger partial charge in [-0.3, -0.25) is 9.59 Å². The summed E-state index contributed by atoms with van der Waals surface area (Å²) in [6, 6.07) is 0. The maximum atomic E-state index is 11.0. The zero-order valence-corrected chi connectivity index (χ0v) is 10.6. The second kappa shape index (κ2) is 5.99. The minimum atomic E-state index is -1.70. The molecule has 12 nitrogen and oxygen atoms in total. The molecule has 0 aromatic heterocycles. The smallest absolute Gasteiger partial charge is 0.304 e. The highest BCUT2D eigenvalue weighted by atomic mass is 16.7. The van der Waals surface area contributed by atoms with E-state index in [0.717, 1.165) is 13.8 Å². The molecule has 0 aromatic carbocycles. The van der Waals surface area contributed by atoms with E-state index in [2.05, 4.69) is 9.47 Å². The largest absolute Gasteiger partial charge is 0.430 e. The molecular formula is C8H12N4O8. The van der Waals surface area contributed by atoms with E-state index in [1.54, 1.807) is 0 Å². The van der Waals surface area contributed by atoms with Gasteiger partial charge < -0.3 is 9.47 Å². The van der Waals surface area contributed by atoms with Gasteiger partial charge in [-0.2, -0.15) is 0 Å². The average molecular weight is 292 g/mol. The van der Waals surface area contributed by atoms with Crippen LogP contribution in [0.5, 0.6) is 0 Å². The van der Waals surface area contributed by atoms with Crippen LogP contribution in [0, 0.1) is 20.2 Å². The van der Waals surface area contributed by atoms with E-state index in [9.17, 15) is 29.8 Å². The van der Waals surface area contributed by atoms with E-state index in [-0.39, 0.29) is 13.1 Å². The summed E-state index contributed by atoms with van der Waals surface area (Å²) in [6.45, 7) is 1.22. The Morgan fingerprint density at radius 1 is 0.950 bits per heavy atom. The highest BCUT2D eigenvalue weighted by Gasteiger charge is 2.51. The first-order chi connectivity index (χ1) is 9.23. The highest BCUT2D eigenvalue weighted by Crippen LogP contribution is 2.20. The van der Waals surface area contributed by atoms with Crippen molar-refractivity contribution in [1.29, 1.82) is 0 Å². The number of piperazine rings is 1. The summed E-state index contributed by atoms with van der Waals surface area (Å²) in [6.07, 6.45) is -3.41. The van der Waals surface area contributed by atoms with Crippen LogP contribution in [0.1, 0.15) is 13.8 Å². The summed E-state index contributed by atoms with van der Waals surface area (Å²) in [5, 5.41) is 20.9. The van der Waals surface area contributed by atoms with Gasteiger partial charge in [-0.1, -0.05) is 10.0 Å². The topological polar surface area (TPSA) is 145 Å². The predicted octanol–water partition coefficient (Wildman–Crippen LogP) is -1.23. The fourth-order valence-corrected chi connectivity index (χ4v) is 1.68. The lowest BCUT2D eigenvalue weighted by molar-refractivity contribution is -0.725. The number of nitro groups is 2. The van der Waals surface area contributed by atoms with Crippen molar-refractivity contribution in [3.8, 4) is 0 Å². The minimum absolute atomic E-state index is 0.371. The van der Waals surface area contributed by atoms with Gasteiger partial charge in [0, 0.05) is 13.8 Å². The van der Waals surface area contributed by atoms with Crippen molar-refractivity contribution >= 4 is 11.9 Å². The van der Waals surface area contributed by atoms with E-state index >= 15 is 0 Å². The maximum absolute atomic E-state index is 11.0. The molecule has 0 N–H and O–H groups in total. The number of rotatable bonds is 4. The Labute approximate surface area is 112 Å². The Hall–Kier alpha value is -2.66. The summed E-state index contributed by atoms with van der Waals surface area (Å²) in [5.74, 6) is -1.80. The van der Waals surface area contributed by atoms with Crippen LogP contribution in [0.25, 0.3) is 0 Å². The number of hydrogen-bond donors (Lipinski definition) is 0. The Balaban J connectivity index is 3.10. The Morgan fingerprint density at radius 2 is 1.25 bits per heavy atom. The molecule has 2 unspecified atom stereocenters. The van der Waals surface area contributed by atoms with Gasteiger partial charge >= 0.3 is 11.9 Å². The molecule has 1 aliphatic rings. The summed E-state index contributed by atoms with van der Waals surface area (Å²) < 4.78 is 9.36. The van der Waals surface area contributed by atoms with Crippen LogP contribution < -0.4 is 0 Å². The monoisotopic (exact) mass is 292 g/mol. The molecule has 0 bridgehead atoms. The van der Waals surface area contributed by atoms with Crippen LogP contribution in [-0.2, 0) is 19.1 Å². The van der Waals surface area contributed by atoms with Crippen molar-refractivity contribution in [2.75, 3.05) is 13.1 Å². The SMILES string of the molecule is CC(=O)OC1C(OC(C)=O)N([N+](=O)[O-])CCN1[N+](=O)[O-]. The van der Waals surface area contributed by atoms with Gasteiger partial charge in [0.15, 0.2) is 10.1 Å². The van der Waals surface area contributed by atoms with Crippen LogP contribution in [0.3, 0.4) is 0 Å². The molecule has 20 heavy (non-hydrogen) atoms. The highest BCUT2D eigenvalue weighted by molar-refractivity contribution is 5.67.